The summed E-state index contributed by atoms with van der Waals surface area (Å²) >= 11 is 0. The van der Waals surface area contributed by atoms with Crippen LogP contribution in [0.15, 0.2) is 0 Å². The van der Waals surface area contributed by atoms with Gasteiger partial charge in [0.25, 0.3) is 5.50 Å². The number of halogens is 12. The van der Waals surface area contributed by atoms with Gasteiger partial charge in [-0.2, -0.15) is 56.7 Å². The molecule has 142 valence electrons. The summed E-state index contributed by atoms with van der Waals surface area (Å²) in [5.74, 6) is -30.9. The third-order valence-corrected chi connectivity index (χ3v) is 2.93. The molecule has 0 saturated heterocycles. The van der Waals surface area contributed by atoms with Crippen LogP contribution < -0.4 is 6.15 Å². The lowest BCUT2D eigenvalue weighted by Crippen LogP contribution is -2.68. The molecule has 0 aromatic heterocycles. The fourth-order valence-corrected chi connectivity index (χ4v) is 1.44. The van der Waals surface area contributed by atoms with Crippen LogP contribution in [0.1, 0.15) is 0 Å². The molecule has 0 aliphatic carbocycles. The first-order chi connectivity index (χ1) is 9.15. The molecule has 0 radical (unpaired) electrons. The van der Waals surface area contributed by atoms with E-state index < -0.39 is 45.5 Å². The summed E-state index contributed by atoms with van der Waals surface area (Å²) in [6, 6.07) is 0. The molecular weight excluding hydrogens is 394 g/mol. The van der Waals surface area contributed by atoms with E-state index in [0.717, 1.165) is 0 Å². The van der Waals surface area contributed by atoms with Gasteiger partial charge in [0, 0.05) is 0 Å². The van der Waals surface area contributed by atoms with Crippen molar-refractivity contribution in [2.45, 2.75) is 35.4 Å². The van der Waals surface area contributed by atoms with Crippen LogP contribution in [0.4, 0.5) is 52.7 Å². The molecule has 0 amide bonds. The minimum atomic E-state index is -7.95. The van der Waals surface area contributed by atoms with Gasteiger partial charge in [0.15, 0.2) is 0 Å². The Kier molecular flexibility index (Phi) is 6.16. The van der Waals surface area contributed by atoms with E-state index in [1.54, 1.807) is 0 Å². The summed E-state index contributed by atoms with van der Waals surface area (Å²) in [5, 5.41) is 0. The minimum Gasteiger partial charge on any atom is -0.344 e. The third-order valence-electron chi connectivity index (χ3n) is 2.11. The molecule has 4 nitrogen and oxygen atoms in total. The van der Waals surface area contributed by atoms with Gasteiger partial charge in [-0.05, 0) is 0 Å². The standard InChI is InChI=1S/C6H2F12O3S.H3N/c7-1(22(19,20)21)2(8,9)3(10,11)4(12,13)5(14,15)6(16,17)18;/h1H,(H,19,20,21);1H3. The van der Waals surface area contributed by atoms with Gasteiger partial charge in [-0.15, -0.1) is 0 Å². The van der Waals surface area contributed by atoms with Crippen molar-refractivity contribution in [2.24, 2.45) is 0 Å². The Balaban J connectivity index is 0. The molecule has 4 N–H and O–H groups in total. The van der Waals surface area contributed by atoms with Crippen molar-refractivity contribution in [2.75, 3.05) is 0 Å². The first-order valence-electron chi connectivity index (χ1n) is 4.34. The second-order valence-electron chi connectivity index (χ2n) is 3.67. The van der Waals surface area contributed by atoms with Crippen LogP contribution in [0.3, 0.4) is 0 Å². The van der Waals surface area contributed by atoms with Crippen LogP contribution in [0.25, 0.3) is 0 Å². The van der Waals surface area contributed by atoms with Gasteiger partial charge in [-0.1, -0.05) is 0 Å². The third kappa shape index (κ3) is 3.44. The van der Waals surface area contributed by atoms with Crippen LogP contribution in [-0.2, 0) is 10.1 Å². The summed E-state index contributed by atoms with van der Waals surface area (Å²) in [7, 11) is -6.84. The molecule has 0 aliphatic rings. The fraction of sp³-hybridized carbons (Fsp3) is 1.00. The maximum absolute atomic E-state index is 12.7. The molecule has 0 aromatic carbocycles. The highest BCUT2D eigenvalue weighted by molar-refractivity contribution is 7.86. The molecule has 0 heterocycles. The lowest BCUT2D eigenvalue weighted by atomic mass is 9.99. The summed E-state index contributed by atoms with van der Waals surface area (Å²) < 4.78 is 175. The van der Waals surface area contributed by atoms with Crippen LogP contribution in [0.5, 0.6) is 0 Å². The molecule has 0 aliphatic heterocycles. The maximum atomic E-state index is 12.7. The van der Waals surface area contributed by atoms with E-state index in [9.17, 15) is 61.1 Å². The Hall–Kier alpha value is -0.970. The van der Waals surface area contributed by atoms with E-state index in [4.69, 9.17) is 4.55 Å². The Morgan fingerprint density at radius 1 is 0.696 bits per heavy atom. The van der Waals surface area contributed by atoms with Crippen molar-refractivity contribution in [3.05, 3.63) is 0 Å². The summed E-state index contributed by atoms with van der Waals surface area (Å²) in [6.45, 7) is 0. The zero-order chi connectivity index (χ0) is 18.6. The van der Waals surface area contributed by atoms with Crippen LogP contribution in [0.2, 0.25) is 0 Å². The largest absolute Gasteiger partial charge is 0.460 e. The second-order valence-corrected chi connectivity index (χ2v) is 5.12. The smallest absolute Gasteiger partial charge is 0.344 e. The van der Waals surface area contributed by atoms with Crippen molar-refractivity contribution in [3.63, 3.8) is 0 Å². The lowest BCUT2D eigenvalue weighted by molar-refractivity contribution is -0.424. The van der Waals surface area contributed by atoms with Crippen LogP contribution in [-0.4, -0.2) is 48.3 Å². The highest BCUT2D eigenvalue weighted by atomic mass is 32.2. The van der Waals surface area contributed by atoms with Crippen molar-refractivity contribution in [1.82, 2.24) is 6.15 Å². The molecule has 23 heavy (non-hydrogen) atoms. The van der Waals surface area contributed by atoms with Gasteiger partial charge in [-0.25, -0.2) is 4.39 Å². The van der Waals surface area contributed by atoms with Crippen LogP contribution >= 0.6 is 0 Å². The quantitative estimate of drug-likeness (QED) is 0.548. The topological polar surface area (TPSA) is 89.4 Å². The molecule has 0 spiro atoms. The molecule has 0 rings (SSSR count). The molecule has 0 saturated carbocycles. The molecular formula is C6H5F12NO3S. The molecule has 0 bridgehead atoms. The van der Waals surface area contributed by atoms with Crippen molar-refractivity contribution >= 4 is 10.1 Å². The van der Waals surface area contributed by atoms with E-state index in [0.29, 0.717) is 0 Å². The molecule has 0 fully saturated rings. The second kappa shape index (κ2) is 5.83. The van der Waals surface area contributed by atoms with Crippen molar-refractivity contribution < 1.29 is 65.7 Å². The van der Waals surface area contributed by atoms with Crippen molar-refractivity contribution in [3.8, 4) is 0 Å². The van der Waals surface area contributed by atoms with E-state index in [2.05, 4.69) is 0 Å². The van der Waals surface area contributed by atoms with Gasteiger partial charge in [0.1, 0.15) is 0 Å². The molecule has 0 aromatic rings. The first kappa shape index (κ1) is 24.3. The zero-order valence-corrected chi connectivity index (χ0v) is 10.8. The van der Waals surface area contributed by atoms with E-state index in [1.165, 1.54) is 0 Å². The van der Waals surface area contributed by atoms with E-state index in [-0.39, 0.29) is 6.15 Å². The van der Waals surface area contributed by atoms with E-state index in [1.807, 2.05) is 0 Å². The highest BCUT2D eigenvalue weighted by Gasteiger charge is 2.89. The summed E-state index contributed by atoms with van der Waals surface area (Å²) in [4.78, 5) is 0. The van der Waals surface area contributed by atoms with Crippen LogP contribution in [0, 0.1) is 0 Å². The summed E-state index contributed by atoms with van der Waals surface area (Å²) in [6.07, 6.45) is -7.46. The number of hydrogen-bond acceptors (Lipinski definition) is 3. The maximum Gasteiger partial charge on any atom is 0.460 e. The SMILES string of the molecule is N.O=S(=O)(O)C(F)C(F)(F)C(F)(F)C(F)(F)C(F)(F)C(F)(F)F. The number of hydrogen-bond donors (Lipinski definition) is 2. The average molecular weight is 399 g/mol. The molecule has 1 unspecified atom stereocenters. The lowest BCUT2D eigenvalue weighted by Gasteiger charge is -2.37. The van der Waals surface area contributed by atoms with Gasteiger partial charge in [0.05, 0.1) is 0 Å². The van der Waals surface area contributed by atoms with Crippen molar-refractivity contribution in [1.29, 1.82) is 0 Å². The summed E-state index contributed by atoms with van der Waals surface area (Å²) in [5.41, 5.74) is -5.59. The molecule has 1 atom stereocenters. The number of alkyl halides is 12. The monoisotopic (exact) mass is 399 g/mol. The number of rotatable bonds is 5. The Morgan fingerprint density at radius 3 is 1.22 bits per heavy atom. The highest BCUT2D eigenvalue weighted by Crippen LogP contribution is 2.58. The zero-order valence-electron chi connectivity index (χ0n) is 9.99. The Morgan fingerprint density at radius 2 is 1.00 bits per heavy atom. The molecule has 17 heteroatoms. The predicted molar refractivity (Wildman–Crippen MR) is 47.3 cm³/mol. The van der Waals surface area contributed by atoms with Gasteiger partial charge in [0.2, 0.25) is 0 Å². The predicted octanol–water partition coefficient (Wildman–Crippen LogP) is 3.44. The Labute approximate surface area is 118 Å². The minimum absolute atomic E-state index is 0. The normalized spacial score (nSPS) is 16.7. The average Bonchev–Trinajstić information content (AvgIpc) is 2.24. The van der Waals surface area contributed by atoms with Gasteiger partial charge < -0.3 is 6.15 Å². The van der Waals surface area contributed by atoms with E-state index >= 15 is 0 Å². The van der Waals surface area contributed by atoms with Gasteiger partial charge >= 0.3 is 40.0 Å². The van der Waals surface area contributed by atoms with Gasteiger partial charge in [-0.3, -0.25) is 4.55 Å². The Bertz CT molecular complexity index is 525. The first-order valence-corrected chi connectivity index (χ1v) is 5.84. The fourth-order valence-electron chi connectivity index (χ4n) is 0.914.